The molecule has 6 heteroatoms. The van der Waals surface area contributed by atoms with Gasteiger partial charge in [-0.1, -0.05) is 24.3 Å². The smallest absolute Gasteiger partial charge is 0.215 e. The Balaban J connectivity index is 1.98. The summed E-state index contributed by atoms with van der Waals surface area (Å²) in [6.07, 6.45) is 3.26. The van der Waals surface area contributed by atoms with Crippen molar-refractivity contribution < 1.29 is 8.42 Å². The van der Waals surface area contributed by atoms with Gasteiger partial charge in [-0.25, -0.2) is 13.1 Å². The SMILES string of the molecule is CN(C)C1(CNS(=O)(=O)Cc2cccc(CN)c2)CCC1. The molecule has 0 spiro atoms. The minimum absolute atomic E-state index is 0.00431. The number of benzene rings is 1. The highest BCUT2D eigenvalue weighted by atomic mass is 32.2. The van der Waals surface area contributed by atoms with Crippen LogP contribution in [0.5, 0.6) is 0 Å². The fourth-order valence-electron chi connectivity index (χ4n) is 2.73. The van der Waals surface area contributed by atoms with Crippen molar-refractivity contribution >= 4 is 10.0 Å². The Morgan fingerprint density at radius 2 is 1.95 bits per heavy atom. The molecule has 1 aliphatic rings. The second-order valence-electron chi connectivity index (χ2n) is 6.08. The van der Waals surface area contributed by atoms with Crippen molar-refractivity contribution in [1.82, 2.24) is 9.62 Å². The molecule has 1 aliphatic carbocycles. The maximum Gasteiger partial charge on any atom is 0.215 e. The average Bonchev–Trinajstić information content (AvgIpc) is 2.36. The van der Waals surface area contributed by atoms with Crippen molar-refractivity contribution in [2.45, 2.75) is 37.1 Å². The number of hydrogen-bond acceptors (Lipinski definition) is 4. The minimum atomic E-state index is -3.32. The van der Waals surface area contributed by atoms with E-state index in [1.54, 1.807) is 0 Å². The van der Waals surface area contributed by atoms with Gasteiger partial charge in [-0.05, 0) is 44.5 Å². The molecule has 0 aromatic heterocycles. The van der Waals surface area contributed by atoms with Crippen LogP contribution in [0.4, 0.5) is 0 Å². The van der Waals surface area contributed by atoms with Gasteiger partial charge in [0.2, 0.25) is 10.0 Å². The highest BCUT2D eigenvalue weighted by molar-refractivity contribution is 7.88. The summed E-state index contributed by atoms with van der Waals surface area (Å²) in [5.41, 5.74) is 7.31. The Morgan fingerprint density at radius 1 is 1.29 bits per heavy atom. The topological polar surface area (TPSA) is 75.4 Å². The van der Waals surface area contributed by atoms with Gasteiger partial charge in [0, 0.05) is 18.6 Å². The van der Waals surface area contributed by atoms with Gasteiger partial charge in [-0.2, -0.15) is 0 Å². The lowest BCUT2D eigenvalue weighted by Crippen LogP contribution is -2.57. The summed E-state index contributed by atoms with van der Waals surface area (Å²) in [6, 6.07) is 7.42. The van der Waals surface area contributed by atoms with E-state index in [-0.39, 0.29) is 11.3 Å². The molecule has 0 unspecified atom stereocenters. The summed E-state index contributed by atoms with van der Waals surface area (Å²) < 4.78 is 27.3. The van der Waals surface area contributed by atoms with Crippen molar-refractivity contribution in [2.24, 2.45) is 5.73 Å². The second kappa shape index (κ2) is 6.44. The van der Waals surface area contributed by atoms with Gasteiger partial charge < -0.3 is 10.6 Å². The highest BCUT2D eigenvalue weighted by Gasteiger charge is 2.39. The molecule has 1 aromatic rings. The van der Waals surface area contributed by atoms with Crippen LogP contribution >= 0.6 is 0 Å². The second-order valence-corrected chi connectivity index (χ2v) is 7.88. The first-order valence-electron chi connectivity index (χ1n) is 7.30. The van der Waals surface area contributed by atoms with E-state index in [4.69, 9.17) is 5.73 Å². The first-order chi connectivity index (χ1) is 9.87. The molecule has 0 atom stereocenters. The molecule has 0 radical (unpaired) electrons. The van der Waals surface area contributed by atoms with Crippen LogP contribution in [0.1, 0.15) is 30.4 Å². The summed E-state index contributed by atoms with van der Waals surface area (Å²) in [7, 11) is 0.704. The van der Waals surface area contributed by atoms with Crippen molar-refractivity contribution in [3.8, 4) is 0 Å². The number of nitrogens with zero attached hydrogens (tertiary/aromatic N) is 1. The van der Waals surface area contributed by atoms with Gasteiger partial charge in [0.25, 0.3) is 0 Å². The molecule has 1 saturated carbocycles. The molecule has 1 aromatic carbocycles. The molecule has 0 aliphatic heterocycles. The molecule has 3 N–H and O–H groups in total. The van der Waals surface area contributed by atoms with Crippen LogP contribution in [0.15, 0.2) is 24.3 Å². The molecule has 1 fully saturated rings. The van der Waals surface area contributed by atoms with Gasteiger partial charge in [0.15, 0.2) is 0 Å². The number of rotatable bonds is 7. The molecular formula is C15H25N3O2S. The summed E-state index contributed by atoms with van der Waals surface area (Å²) in [6.45, 7) is 0.907. The lowest BCUT2D eigenvalue weighted by molar-refractivity contribution is 0.0656. The van der Waals surface area contributed by atoms with E-state index in [0.29, 0.717) is 13.1 Å². The Morgan fingerprint density at radius 3 is 2.48 bits per heavy atom. The van der Waals surface area contributed by atoms with Crippen LogP contribution in [0.3, 0.4) is 0 Å². The standard InChI is InChI=1S/C15H25N3O2S/c1-18(2)15(7-4-8-15)12-17-21(19,20)11-14-6-3-5-13(9-14)10-16/h3,5-6,9,17H,4,7-8,10-12,16H2,1-2H3. The molecule has 2 rings (SSSR count). The molecule has 0 heterocycles. The third-order valence-corrected chi connectivity index (χ3v) is 5.74. The molecular weight excluding hydrogens is 286 g/mol. The van der Waals surface area contributed by atoms with Gasteiger partial charge in [0.05, 0.1) is 5.75 Å². The number of likely N-dealkylation sites (N-methyl/N-ethyl adjacent to an activating group) is 1. The van der Waals surface area contributed by atoms with Crippen LogP contribution in [-0.2, 0) is 22.3 Å². The average molecular weight is 311 g/mol. The lowest BCUT2D eigenvalue weighted by atomic mass is 9.76. The Labute approximate surface area is 127 Å². The molecule has 0 saturated heterocycles. The highest BCUT2D eigenvalue weighted by Crippen LogP contribution is 2.35. The molecule has 21 heavy (non-hydrogen) atoms. The van der Waals surface area contributed by atoms with Crippen molar-refractivity contribution in [3.63, 3.8) is 0 Å². The summed E-state index contributed by atoms with van der Waals surface area (Å²) >= 11 is 0. The number of sulfonamides is 1. The van der Waals surface area contributed by atoms with Crippen LogP contribution in [0.2, 0.25) is 0 Å². The predicted octanol–water partition coefficient (Wildman–Crippen LogP) is 1.05. The third-order valence-electron chi connectivity index (χ3n) is 4.44. The zero-order valence-electron chi connectivity index (χ0n) is 12.8. The number of hydrogen-bond donors (Lipinski definition) is 2. The molecule has 118 valence electrons. The zero-order valence-corrected chi connectivity index (χ0v) is 13.6. The normalized spacial score (nSPS) is 17.7. The van der Waals surface area contributed by atoms with E-state index < -0.39 is 10.0 Å². The van der Waals surface area contributed by atoms with Crippen LogP contribution in [0.25, 0.3) is 0 Å². The predicted molar refractivity (Wildman–Crippen MR) is 85.2 cm³/mol. The first-order valence-corrected chi connectivity index (χ1v) is 8.95. The minimum Gasteiger partial charge on any atom is -0.326 e. The van der Waals surface area contributed by atoms with E-state index in [0.717, 1.165) is 24.0 Å². The maximum absolute atomic E-state index is 12.2. The quantitative estimate of drug-likeness (QED) is 0.789. The van der Waals surface area contributed by atoms with E-state index in [1.165, 1.54) is 6.42 Å². The Kier molecular flexibility index (Phi) is 5.03. The van der Waals surface area contributed by atoms with Crippen LogP contribution in [0, 0.1) is 0 Å². The summed E-state index contributed by atoms with van der Waals surface area (Å²) in [5.74, 6) is 0.00431. The van der Waals surface area contributed by atoms with Crippen LogP contribution in [-0.4, -0.2) is 39.5 Å². The Hall–Kier alpha value is -0.950. The molecule has 0 bridgehead atoms. The van der Waals surface area contributed by atoms with Gasteiger partial charge in [-0.15, -0.1) is 0 Å². The summed E-state index contributed by atoms with van der Waals surface area (Å²) in [4.78, 5) is 2.13. The van der Waals surface area contributed by atoms with E-state index in [1.807, 2.05) is 38.4 Å². The third kappa shape index (κ3) is 4.03. The molecule has 0 amide bonds. The monoisotopic (exact) mass is 311 g/mol. The Bertz CT molecular complexity index is 580. The maximum atomic E-state index is 12.2. The fourth-order valence-corrected chi connectivity index (χ4v) is 3.94. The van der Waals surface area contributed by atoms with Gasteiger partial charge in [0.1, 0.15) is 0 Å². The zero-order chi connectivity index (χ0) is 15.5. The van der Waals surface area contributed by atoms with Crippen molar-refractivity contribution in [3.05, 3.63) is 35.4 Å². The van der Waals surface area contributed by atoms with E-state index in [2.05, 4.69) is 9.62 Å². The van der Waals surface area contributed by atoms with E-state index >= 15 is 0 Å². The van der Waals surface area contributed by atoms with Gasteiger partial charge >= 0.3 is 0 Å². The first kappa shape index (κ1) is 16.4. The lowest BCUT2D eigenvalue weighted by Gasteiger charge is -2.47. The van der Waals surface area contributed by atoms with Crippen molar-refractivity contribution in [1.29, 1.82) is 0 Å². The molecule has 5 nitrogen and oxygen atoms in total. The van der Waals surface area contributed by atoms with E-state index in [9.17, 15) is 8.42 Å². The number of nitrogens with one attached hydrogen (secondary N) is 1. The fraction of sp³-hybridized carbons (Fsp3) is 0.600. The van der Waals surface area contributed by atoms with Crippen LogP contribution < -0.4 is 10.5 Å². The van der Waals surface area contributed by atoms with Crippen molar-refractivity contribution in [2.75, 3.05) is 20.6 Å². The van der Waals surface area contributed by atoms with Gasteiger partial charge in [-0.3, -0.25) is 0 Å². The largest absolute Gasteiger partial charge is 0.326 e. The number of nitrogens with two attached hydrogens (primary N) is 1. The summed E-state index contributed by atoms with van der Waals surface area (Å²) in [5, 5.41) is 0.